The fourth-order valence-corrected chi connectivity index (χ4v) is 1.88. The van der Waals surface area contributed by atoms with Crippen LogP contribution < -0.4 is 10.1 Å². The summed E-state index contributed by atoms with van der Waals surface area (Å²) >= 11 is 0. The van der Waals surface area contributed by atoms with Crippen LogP contribution in [0.5, 0.6) is 5.75 Å². The molecule has 0 saturated heterocycles. The highest BCUT2D eigenvalue weighted by atomic mass is 19.1. The van der Waals surface area contributed by atoms with Crippen molar-refractivity contribution in [2.45, 2.75) is 33.4 Å². The van der Waals surface area contributed by atoms with Crippen LogP contribution in [0.4, 0.5) is 4.39 Å². The second kappa shape index (κ2) is 7.17. The smallest absolute Gasteiger partial charge is 0.242 e. The van der Waals surface area contributed by atoms with Crippen LogP contribution in [0.15, 0.2) is 30.6 Å². The molecule has 0 aliphatic rings. The number of carbonyl (C=O) groups excluding carboxylic acids is 1. The van der Waals surface area contributed by atoms with Crippen LogP contribution in [-0.2, 0) is 11.3 Å². The summed E-state index contributed by atoms with van der Waals surface area (Å²) in [4.78, 5) is 12.1. The lowest BCUT2D eigenvalue weighted by molar-refractivity contribution is -0.123. The molecule has 1 amide bonds. The third-order valence-corrected chi connectivity index (χ3v) is 3.32. The first kappa shape index (κ1) is 16.9. The minimum Gasteiger partial charge on any atom is -0.488 e. The third kappa shape index (κ3) is 5.01. The molecule has 23 heavy (non-hydrogen) atoms. The number of hydrogen-bond acceptors (Lipinski definition) is 5. The number of halogens is 1. The summed E-state index contributed by atoms with van der Waals surface area (Å²) in [5.41, 5.74) is -0.262. The molecule has 0 radical (unpaired) electrons. The van der Waals surface area contributed by atoms with Crippen molar-refractivity contribution in [3.63, 3.8) is 0 Å². The second-order valence-electron chi connectivity index (χ2n) is 6.23. The van der Waals surface area contributed by atoms with E-state index >= 15 is 0 Å². The first-order valence-electron chi connectivity index (χ1n) is 7.24. The maximum Gasteiger partial charge on any atom is 0.242 e. The van der Waals surface area contributed by atoms with E-state index in [1.165, 1.54) is 17.1 Å². The molecule has 1 heterocycles. The molecule has 0 unspecified atom stereocenters. The Labute approximate surface area is 133 Å². The number of rotatable bonds is 6. The van der Waals surface area contributed by atoms with E-state index in [9.17, 15) is 9.18 Å². The number of amides is 1. The summed E-state index contributed by atoms with van der Waals surface area (Å²) in [5, 5.41) is 13.5. The SMILES string of the molecule is CC(C)(C)[C@H](COc1ccccc1F)NC(=O)Cn1cnnn1. The number of benzene rings is 1. The molecular formula is C15H20FN5O2. The predicted molar refractivity (Wildman–Crippen MR) is 81.1 cm³/mol. The molecule has 1 N–H and O–H groups in total. The highest BCUT2D eigenvalue weighted by Gasteiger charge is 2.27. The van der Waals surface area contributed by atoms with Crippen LogP contribution in [-0.4, -0.2) is 38.8 Å². The summed E-state index contributed by atoms with van der Waals surface area (Å²) in [7, 11) is 0. The molecule has 2 rings (SSSR count). The average Bonchev–Trinajstić information content (AvgIpc) is 2.96. The first-order valence-corrected chi connectivity index (χ1v) is 7.24. The Morgan fingerprint density at radius 2 is 2.13 bits per heavy atom. The summed E-state index contributed by atoms with van der Waals surface area (Å²) < 4.78 is 20.5. The van der Waals surface area contributed by atoms with Gasteiger partial charge in [0.05, 0.1) is 6.04 Å². The largest absolute Gasteiger partial charge is 0.488 e. The van der Waals surface area contributed by atoms with Crippen LogP contribution >= 0.6 is 0 Å². The molecule has 0 saturated carbocycles. The fourth-order valence-electron chi connectivity index (χ4n) is 1.88. The second-order valence-corrected chi connectivity index (χ2v) is 6.23. The van der Waals surface area contributed by atoms with Crippen molar-refractivity contribution in [1.82, 2.24) is 25.5 Å². The molecule has 1 atom stereocenters. The van der Waals surface area contributed by atoms with Crippen molar-refractivity contribution < 1.29 is 13.9 Å². The molecular weight excluding hydrogens is 301 g/mol. The van der Waals surface area contributed by atoms with Crippen LogP contribution in [0.25, 0.3) is 0 Å². The van der Waals surface area contributed by atoms with Gasteiger partial charge in [0.1, 0.15) is 19.5 Å². The number of tetrazole rings is 1. The van der Waals surface area contributed by atoms with E-state index in [1.807, 2.05) is 20.8 Å². The highest BCUT2D eigenvalue weighted by Crippen LogP contribution is 2.22. The van der Waals surface area contributed by atoms with Crippen molar-refractivity contribution in [1.29, 1.82) is 0 Å². The monoisotopic (exact) mass is 321 g/mol. The van der Waals surface area contributed by atoms with Gasteiger partial charge < -0.3 is 10.1 Å². The molecule has 7 nitrogen and oxygen atoms in total. The van der Waals surface area contributed by atoms with Gasteiger partial charge in [0.2, 0.25) is 5.91 Å². The molecule has 8 heteroatoms. The van der Waals surface area contributed by atoms with E-state index in [0.717, 1.165) is 0 Å². The van der Waals surface area contributed by atoms with Crippen LogP contribution in [0.3, 0.4) is 0 Å². The van der Waals surface area contributed by atoms with Gasteiger partial charge in [0.15, 0.2) is 11.6 Å². The average molecular weight is 321 g/mol. The van der Waals surface area contributed by atoms with E-state index in [1.54, 1.807) is 18.2 Å². The van der Waals surface area contributed by atoms with Crippen LogP contribution in [0.1, 0.15) is 20.8 Å². The van der Waals surface area contributed by atoms with Gasteiger partial charge in [-0.2, -0.15) is 0 Å². The summed E-state index contributed by atoms with van der Waals surface area (Å²) in [6, 6.07) is 5.87. The summed E-state index contributed by atoms with van der Waals surface area (Å²) in [6.07, 6.45) is 1.36. The Bertz CT molecular complexity index is 640. The Morgan fingerprint density at radius 1 is 1.39 bits per heavy atom. The topological polar surface area (TPSA) is 81.9 Å². The zero-order valence-corrected chi connectivity index (χ0v) is 13.4. The molecule has 1 aromatic carbocycles. The van der Waals surface area contributed by atoms with Crippen LogP contribution in [0.2, 0.25) is 0 Å². The Hall–Kier alpha value is -2.51. The van der Waals surface area contributed by atoms with Crippen molar-refractivity contribution in [3.05, 3.63) is 36.4 Å². The maximum absolute atomic E-state index is 13.6. The lowest BCUT2D eigenvalue weighted by Gasteiger charge is -2.31. The number of nitrogens with zero attached hydrogens (tertiary/aromatic N) is 4. The molecule has 0 spiro atoms. The van der Waals surface area contributed by atoms with Gasteiger partial charge in [0, 0.05) is 0 Å². The first-order chi connectivity index (χ1) is 10.9. The standard InChI is InChI=1S/C15H20FN5O2/c1-15(2,3)13(9-23-12-7-5-4-6-11(12)16)18-14(22)8-21-10-17-19-20-21/h4-7,10,13H,8-9H2,1-3H3,(H,18,22)/t13-/m0/s1. The van der Waals surface area contributed by atoms with Crippen molar-refractivity contribution in [2.24, 2.45) is 5.41 Å². The fraction of sp³-hybridized carbons (Fsp3) is 0.467. The van der Waals surface area contributed by atoms with Crippen molar-refractivity contribution in [2.75, 3.05) is 6.61 Å². The Balaban J connectivity index is 1.97. The summed E-state index contributed by atoms with van der Waals surface area (Å²) in [6.45, 7) is 6.09. The number of ether oxygens (including phenoxy) is 1. The molecule has 0 bridgehead atoms. The van der Waals surface area contributed by atoms with Gasteiger partial charge in [-0.15, -0.1) is 5.10 Å². The lowest BCUT2D eigenvalue weighted by Crippen LogP contribution is -2.48. The van der Waals surface area contributed by atoms with Crippen LogP contribution in [0, 0.1) is 11.2 Å². The molecule has 1 aromatic heterocycles. The Morgan fingerprint density at radius 3 is 2.74 bits per heavy atom. The van der Waals surface area contributed by atoms with E-state index in [-0.39, 0.29) is 36.3 Å². The van der Waals surface area contributed by atoms with E-state index in [2.05, 4.69) is 20.8 Å². The van der Waals surface area contributed by atoms with E-state index < -0.39 is 5.82 Å². The highest BCUT2D eigenvalue weighted by molar-refractivity contribution is 5.76. The van der Waals surface area contributed by atoms with Gasteiger partial charge in [-0.25, -0.2) is 9.07 Å². The lowest BCUT2D eigenvalue weighted by atomic mass is 9.87. The van der Waals surface area contributed by atoms with Crippen molar-refractivity contribution in [3.8, 4) is 5.75 Å². The third-order valence-electron chi connectivity index (χ3n) is 3.32. The Kier molecular flexibility index (Phi) is 5.25. The normalized spacial score (nSPS) is 12.7. The van der Waals surface area contributed by atoms with E-state index in [0.29, 0.717) is 0 Å². The molecule has 0 aliphatic heterocycles. The molecule has 2 aromatic rings. The van der Waals surface area contributed by atoms with Gasteiger partial charge in [-0.3, -0.25) is 4.79 Å². The predicted octanol–water partition coefficient (Wildman–Crippen LogP) is 1.42. The van der Waals surface area contributed by atoms with Gasteiger partial charge >= 0.3 is 0 Å². The van der Waals surface area contributed by atoms with Crippen molar-refractivity contribution >= 4 is 5.91 Å². The number of nitrogens with one attached hydrogen (secondary N) is 1. The number of aromatic nitrogens is 4. The molecule has 0 fully saturated rings. The number of hydrogen-bond donors (Lipinski definition) is 1. The number of carbonyl (C=O) groups is 1. The van der Waals surface area contributed by atoms with Gasteiger partial charge in [-0.05, 0) is 28.0 Å². The van der Waals surface area contributed by atoms with E-state index in [4.69, 9.17) is 4.74 Å². The van der Waals surface area contributed by atoms with Gasteiger partial charge in [0.25, 0.3) is 0 Å². The quantitative estimate of drug-likeness (QED) is 0.870. The zero-order valence-electron chi connectivity index (χ0n) is 13.4. The van der Waals surface area contributed by atoms with Gasteiger partial charge in [-0.1, -0.05) is 32.9 Å². The summed E-state index contributed by atoms with van der Waals surface area (Å²) in [5.74, 6) is -0.508. The molecule has 0 aliphatic carbocycles. The maximum atomic E-state index is 13.6. The minimum atomic E-state index is -0.430. The zero-order chi connectivity index (χ0) is 16.9. The molecule has 124 valence electrons. The number of para-hydroxylation sites is 1. The minimum absolute atomic E-state index is 0.0132.